The Hall–Kier alpha value is -0.900. The Morgan fingerprint density at radius 2 is 2.10 bits per heavy atom. The fraction of sp³-hybridized carbons (Fsp3) is 0.667. The Bertz CT molecular complexity index is 133. The minimum atomic E-state index is -1.07. The van der Waals surface area contributed by atoms with Crippen molar-refractivity contribution in [3.05, 3.63) is 0 Å². The number of rotatable bonds is 5. The van der Waals surface area contributed by atoms with Crippen molar-refractivity contribution in [2.45, 2.75) is 13.3 Å². The van der Waals surface area contributed by atoms with Crippen LogP contribution in [0.15, 0.2) is 0 Å². The molecular formula is C6H11NO3. The molecule has 0 saturated heterocycles. The zero-order valence-electron chi connectivity index (χ0n) is 5.89. The van der Waals surface area contributed by atoms with Gasteiger partial charge in [0.15, 0.2) is 5.78 Å². The summed E-state index contributed by atoms with van der Waals surface area (Å²) < 4.78 is 0. The Morgan fingerprint density at radius 1 is 1.50 bits per heavy atom. The predicted octanol–water partition coefficient (Wildman–Crippen LogP) is -0.360. The summed E-state index contributed by atoms with van der Waals surface area (Å²) in [5.74, 6) is -1.35. The highest BCUT2D eigenvalue weighted by atomic mass is 16.4. The molecule has 0 rings (SSSR count). The van der Waals surface area contributed by atoms with Gasteiger partial charge in [-0.3, -0.25) is 9.59 Å². The molecule has 4 nitrogen and oxygen atoms in total. The van der Waals surface area contributed by atoms with Crippen molar-refractivity contribution in [1.29, 1.82) is 0 Å². The molecule has 0 aliphatic rings. The maximum Gasteiger partial charge on any atom is 0.310 e. The molecule has 0 atom stereocenters. The lowest BCUT2D eigenvalue weighted by atomic mass is 10.3. The monoisotopic (exact) mass is 145 g/mol. The molecule has 0 aromatic rings. The maximum atomic E-state index is 10.6. The molecule has 4 heteroatoms. The predicted molar refractivity (Wildman–Crippen MR) is 35.8 cm³/mol. The SMILES string of the molecule is CCNCC(=O)CC(=O)O. The highest BCUT2D eigenvalue weighted by Crippen LogP contribution is 1.80. The van der Waals surface area contributed by atoms with Crippen LogP contribution in [0, 0.1) is 0 Å². The summed E-state index contributed by atoms with van der Waals surface area (Å²) in [5.41, 5.74) is 0. The average molecular weight is 145 g/mol. The summed E-state index contributed by atoms with van der Waals surface area (Å²) >= 11 is 0. The molecule has 0 aliphatic heterocycles. The molecule has 10 heavy (non-hydrogen) atoms. The van der Waals surface area contributed by atoms with Crippen molar-refractivity contribution < 1.29 is 14.7 Å². The fourth-order valence-corrected chi connectivity index (χ4v) is 0.496. The van der Waals surface area contributed by atoms with E-state index in [4.69, 9.17) is 5.11 Å². The lowest BCUT2D eigenvalue weighted by molar-refractivity contribution is -0.140. The number of nitrogens with one attached hydrogen (secondary N) is 1. The van der Waals surface area contributed by atoms with E-state index < -0.39 is 5.97 Å². The second-order valence-electron chi connectivity index (χ2n) is 1.89. The molecule has 0 bridgehead atoms. The van der Waals surface area contributed by atoms with Crippen LogP contribution in [-0.2, 0) is 9.59 Å². The second-order valence-corrected chi connectivity index (χ2v) is 1.89. The molecule has 0 aliphatic carbocycles. The number of ketones is 1. The zero-order valence-corrected chi connectivity index (χ0v) is 5.89. The van der Waals surface area contributed by atoms with Gasteiger partial charge in [0.25, 0.3) is 0 Å². The van der Waals surface area contributed by atoms with Crippen LogP contribution in [0.4, 0.5) is 0 Å². The molecule has 58 valence electrons. The number of hydrogen-bond donors (Lipinski definition) is 2. The van der Waals surface area contributed by atoms with E-state index >= 15 is 0 Å². The van der Waals surface area contributed by atoms with Gasteiger partial charge in [0.05, 0.1) is 6.54 Å². The lowest BCUT2D eigenvalue weighted by Gasteiger charge is -1.96. The van der Waals surface area contributed by atoms with Gasteiger partial charge >= 0.3 is 5.97 Å². The van der Waals surface area contributed by atoms with Crippen molar-refractivity contribution in [2.24, 2.45) is 0 Å². The third kappa shape index (κ3) is 5.24. The molecule has 0 fully saturated rings. The maximum absolute atomic E-state index is 10.6. The first kappa shape index (κ1) is 9.10. The Labute approximate surface area is 59.2 Å². The molecule has 0 spiro atoms. The molecule has 0 radical (unpaired) electrons. The first-order valence-electron chi connectivity index (χ1n) is 3.11. The van der Waals surface area contributed by atoms with E-state index in [1.807, 2.05) is 6.92 Å². The van der Waals surface area contributed by atoms with E-state index in [0.29, 0.717) is 6.54 Å². The molecule has 0 saturated carbocycles. The topological polar surface area (TPSA) is 66.4 Å². The van der Waals surface area contributed by atoms with Crippen molar-refractivity contribution in [3.63, 3.8) is 0 Å². The van der Waals surface area contributed by atoms with Crippen LogP contribution >= 0.6 is 0 Å². The van der Waals surface area contributed by atoms with Crippen LogP contribution in [0.25, 0.3) is 0 Å². The van der Waals surface area contributed by atoms with Crippen LogP contribution in [0.1, 0.15) is 13.3 Å². The molecule has 0 amide bonds. The van der Waals surface area contributed by atoms with Gasteiger partial charge < -0.3 is 10.4 Å². The summed E-state index contributed by atoms with van der Waals surface area (Å²) in [5, 5.41) is 10.9. The van der Waals surface area contributed by atoms with E-state index in [2.05, 4.69) is 5.32 Å². The van der Waals surface area contributed by atoms with Crippen LogP contribution in [0.5, 0.6) is 0 Å². The Kier molecular flexibility index (Phi) is 4.49. The summed E-state index contributed by atoms with van der Waals surface area (Å²) in [6.45, 7) is 2.70. The molecule has 0 unspecified atom stereocenters. The molecular weight excluding hydrogens is 134 g/mol. The largest absolute Gasteiger partial charge is 0.481 e. The third-order valence-electron chi connectivity index (χ3n) is 0.921. The summed E-state index contributed by atoms with van der Waals surface area (Å²) in [7, 11) is 0. The number of carbonyl (C=O) groups excluding carboxylic acids is 1. The summed E-state index contributed by atoms with van der Waals surface area (Å²) in [4.78, 5) is 20.5. The van der Waals surface area contributed by atoms with Gasteiger partial charge in [0.1, 0.15) is 6.42 Å². The van der Waals surface area contributed by atoms with Gasteiger partial charge in [-0.1, -0.05) is 6.92 Å². The van der Waals surface area contributed by atoms with Crippen molar-refractivity contribution >= 4 is 11.8 Å². The van der Waals surface area contributed by atoms with Gasteiger partial charge in [-0.25, -0.2) is 0 Å². The van der Waals surface area contributed by atoms with Gasteiger partial charge in [0.2, 0.25) is 0 Å². The summed E-state index contributed by atoms with van der Waals surface area (Å²) in [6, 6.07) is 0. The number of carboxylic acids is 1. The van der Waals surface area contributed by atoms with E-state index in [1.54, 1.807) is 0 Å². The minimum Gasteiger partial charge on any atom is -0.481 e. The van der Waals surface area contributed by atoms with E-state index in [1.165, 1.54) is 0 Å². The van der Waals surface area contributed by atoms with Crippen molar-refractivity contribution in [1.82, 2.24) is 5.32 Å². The van der Waals surface area contributed by atoms with Crippen LogP contribution in [0.3, 0.4) is 0 Å². The molecule has 0 aromatic carbocycles. The highest BCUT2D eigenvalue weighted by molar-refractivity contribution is 5.95. The number of Topliss-reactive ketones (excluding diaryl/α,β-unsaturated/α-hetero) is 1. The Balaban J connectivity index is 3.35. The van der Waals surface area contributed by atoms with Gasteiger partial charge in [-0.2, -0.15) is 0 Å². The van der Waals surface area contributed by atoms with Gasteiger partial charge in [0, 0.05) is 0 Å². The number of likely N-dealkylation sites (N-methyl/N-ethyl adjacent to an activating group) is 1. The van der Waals surface area contributed by atoms with Gasteiger partial charge in [-0.05, 0) is 6.54 Å². The average Bonchev–Trinajstić information content (AvgIpc) is 1.82. The molecule has 0 aromatic heterocycles. The van der Waals surface area contributed by atoms with E-state index in [-0.39, 0.29) is 18.7 Å². The van der Waals surface area contributed by atoms with Crippen LogP contribution < -0.4 is 5.32 Å². The highest BCUT2D eigenvalue weighted by Gasteiger charge is 2.05. The third-order valence-corrected chi connectivity index (χ3v) is 0.921. The number of aliphatic carboxylic acids is 1. The molecule has 2 N–H and O–H groups in total. The van der Waals surface area contributed by atoms with Crippen LogP contribution in [-0.4, -0.2) is 29.9 Å². The normalized spacial score (nSPS) is 9.30. The smallest absolute Gasteiger partial charge is 0.310 e. The number of hydrogen-bond acceptors (Lipinski definition) is 3. The second kappa shape index (κ2) is 4.93. The Morgan fingerprint density at radius 3 is 2.50 bits per heavy atom. The first-order chi connectivity index (χ1) is 4.66. The minimum absolute atomic E-state index is 0.156. The van der Waals surface area contributed by atoms with Crippen LogP contribution in [0.2, 0.25) is 0 Å². The summed E-state index contributed by atoms with van der Waals surface area (Å²) in [6.07, 6.45) is -0.382. The standard InChI is InChI=1S/C6H11NO3/c1-2-7-4-5(8)3-6(9)10/h7H,2-4H2,1H3,(H,9,10). The van der Waals surface area contributed by atoms with Gasteiger partial charge in [-0.15, -0.1) is 0 Å². The quantitative estimate of drug-likeness (QED) is 0.518. The number of carbonyl (C=O) groups is 2. The van der Waals surface area contributed by atoms with E-state index in [0.717, 1.165) is 0 Å². The van der Waals surface area contributed by atoms with Crippen molar-refractivity contribution in [3.8, 4) is 0 Å². The molecule has 0 heterocycles. The van der Waals surface area contributed by atoms with E-state index in [9.17, 15) is 9.59 Å². The van der Waals surface area contributed by atoms with Crippen molar-refractivity contribution in [2.75, 3.05) is 13.1 Å². The first-order valence-corrected chi connectivity index (χ1v) is 3.11. The lowest BCUT2D eigenvalue weighted by Crippen LogP contribution is -2.24. The number of carboxylic acid groups (broad SMARTS) is 1. The zero-order chi connectivity index (χ0) is 7.98. The fourth-order valence-electron chi connectivity index (χ4n) is 0.496.